The molecule has 0 aromatic carbocycles. The summed E-state index contributed by atoms with van der Waals surface area (Å²) < 4.78 is 0. The number of hydrogen-bond acceptors (Lipinski definition) is 1. The average molecular weight is 275 g/mol. The van der Waals surface area contributed by atoms with E-state index in [1.165, 1.54) is 70.6 Å². The molecule has 1 heteroatoms. The van der Waals surface area contributed by atoms with Crippen molar-refractivity contribution in [3.05, 3.63) is 0 Å². The zero-order chi connectivity index (χ0) is 14.4. The summed E-state index contributed by atoms with van der Waals surface area (Å²) in [5, 5.41) is 9.51. The van der Waals surface area contributed by atoms with Crippen molar-refractivity contribution < 1.29 is 0 Å². The SMILES string of the molecule is CCC[C@H]1CC[C@H]([C@H]2CC[C@](C#N)(CCC)CC2)CC1. The lowest BCUT2D eigenvalue weighted by atomic mass is 9.63. The second-order valence-electron chi connectivity index (χ2n) is 7.55. The molecule has 2 saturated carbocycles. The van der Waals surface area contributed by atoms with Crippen molar-refractivity contribution in [2.24, 2.45) is 23.2 Å². The lowest BCUT2D eigenvalue weighted by Crippen LogP contribution is -2.31. The topological polar surface area (TPSA) is 23.8 Å². The van der Waals surface area contributed by atoms with Gasteiger partial charge in [-0.1, -0.05) is 46.0 Å². The van der Waals surface area contributed by atoms with Gasteiger partial charge in [-0.15, -0.1) is 0 Å². The van der Waals surface area contributed by atoms with Crippen LogP contribution in [-0.4, -0.2) is 0 Å². The van der Waals surface area contributed by atoms with E-state index >= 15 is 0 Å². The first kappa shape index (κ1) is 15.9. The largest absolute Gasteiger partial charge is 0.198 e. The number of hydrogen-bond donors (Lipinski definition) is 0. The summed E-state index contributed by atoms with van der Waals surface area (Å²) in [5.74, 6) is 2.95. The molecule has 0 aromatic heterocycles. The predicted molar refractivity (Wildman–Crippen MR) is 85.3 cm³/mol. The fraction of sp³-hybridized carbons (Fsp3) is 0.947. The van der Waals surface area contributed by atoms with Crippen LogP contribution in [0.4, 0.5) is 0 Å². The predicted octanol–water partition coefficient (Wildman–Crippen LogP) is 6.09. The number of rotatable bonds is 5. The van der Waals surface area contributed by atoms with Gasteiger partial charge in [0.15, 0.2) is 0 Å². The van der Waals surface area contributed by atoms with E-state index < -0.39 is 0 Å². The minimum Gasteiger partial charge on any atom is -0.198 e. The van der Waals surface area contributed by atoms with Gasteiger partial charge in [-0.2, -0.15) is 5.26 Å². The van der Waals surface area contributed by atoms with Crippen molar-refractivity contribution in [1.29, 1.82) is 5.26 Å². The van der Waals surface area contributed by atoms with E-state index in [0.29, 0.717) is 0 Å². The Labute approximate surface area is 126 Å². The van der Waals surface area contributed by atoms with Crippen LogP contribution in [0.5, 0.6) is 0 Å². The Hall–Kier alpha value is -0.510. The fourth-order valence-electron chi connectivity index (χ4n) is 4.92. The van der Waals surface area contributed by atoms with Crippen LogP contribution in [0, 0.1) is 34.5 Å². The van der Waals surface area contributed by atoms with E-state index in [9.17, 15) is 5.26 Å². The third-order valence-electron chi connectivity index (χ3n) is 6.21. The van der Waals surface area contributed by atoms with Crippen molar-refractivity contribution >= 4 is 0 Å². The van der Waals surface area contributed by atoms with Gasteiger partial charge >= 0.3 is 0 Å². The standard InChI is InChI=1S/C19H33N/c1-3-5-16-6-8-17(9-7-16)18-10-13-19(15-20,12-4-2)14-11-18/h16-18H,3-14H2,1-2H3/t16-,17-,18-,19+. The van der Waals surface area contributed by atoms with Gasteiger partial charge in [-0.25, -0.2) is 0 Å². The van der Waals surface area contributed by atoms with Crippen LogP contribution in [0.3, 0.4) is 0 Å². The van der Waals surface area contributed by atoms with Gasteiger partial charge in [0, 0.05) is 0 Å². The van der Waals surface area contributed by atoms with Crippen LogP contribution >= 0.6 is 0 Å². The highest BCUT2D eigenvalue weighted by Crippen LogP contribution is 2.47. The second-order valence-corrected chi connectivity index (χ2v) is 7.55. The minimum absolute atomic E-state index is 0.0463. The van der Waals surface area contributed by atoms with Gasteiger partial charge in [0.1, 0.15) is 0 Å². The summed E-state index contributed by atoms with van der Waals surface area (Å²) in [5.41, 5.74) is 0.0463. The van der Waals surface area contributed by atoms with Crippen LogP contribution in [0.15, 0.2) is 0 Å². The van der Waals surface area contributed by atoms with Crippen LogP contribution < -0.4 is 0 Å². The van der Waals surface area contributed by atoms with Gasteiger partial charge < -0.3 is 0 Å². The van der Waals surface area contributed by atoms with Crippen molar-refractivity contribution in [3.63, 3.8) is 0 Å². The van der Waals surface area contributed by atoms with Gasteiger partial charge in [0.05, 0.1) is 11.5 Å². The summed E-state index contributed by atoms with van der Waals surface area (Å²) in [6.45, 7) is 4.54. The molecule has 0 aliphatic heterocycles. The highest BCUT2D eigenvalue weighted by molar-refractivity contribution is 5.02. The highest BCUT2D eigenvalue weighted by Gasteiger charge is 2.37. The molecule has 0 saturated heterocycles. The molecule has 0 N–H and O–H groups in total. The van der Waals surface area contributed by atoms with Crippen LogP contribution in [0.2, 0.25) is 0 Å². The first-order valence-corrected chi connectivity index (χ1v) is 9.14. The summed E-state index contributed by atoms with van der Waals surface area (Å²) in [6.07, 6.45) is 16.0. The van der Waals surface area contributed by atoms with E-state index in [0.717, 1.165) is 24.2 Å². The molecular formula is C19H33N. The lowest BCUT2D eigenvalue weighted by Gasteiger charge is -2.40. The first-order valence-electron chi connectivity index (χ1n) is 9.14. The number of nitrogens with zero attached hydrogens (tertiary/aromatic N) is 1. The average Bonchev–Trinajstić information content (AvgIpc) is 2.50. The molecule has 114 valence electrons. The normalized spacial score (nSPS) is 38.4. The monoisotopic (exact) mass is 275 g/mol. The van der Waals surface area contributed by atoms with Crippen molar-refractivity contribution in [2.45, 2.75) is 90.9 Å². The van der Waals surface area contributed by atoms with Crippen molar-refractivity contribution in [1.82, 2.24) is 0 Å². The fourth-order valence-corrected chi connectivity index (χ4v) is 4.92. The maximum absolute atomic E-state index is 9.51. The maximum atomic E-state index is 9.51. The summed E-state index contributed by atoms with van der Waals surface area (Å²) >= 11 is 0. The lowest BCUT2D eigenvalue weighted by molar-refractivity contribution is 0.116. The molecule has 0 spiro atoms. The molecule has 0 unspecified atom stereocenters. The molecule has 2 fully saturated rings. The van der Waals surface area contributed by atoms with Gasteiger partial charge in [-0.05, 0) is 62.7 Å². The third-order valence-corrected chi connectivity index (χ3v) is 6.21. The van der Waals surface area contributed by atoms with Gasteiger partial charge in [0.25, 0.3) is 0 Å². The molecule has 2 aliphatic carbocycles. The molecule has 0 amide bonds. The van der Waals surface area contributed by atoms with E-state index in [4.69, 9.17) is 0 Å². The van der Waals surface area contributed by atoms with Gasteiger partial charge in [0.2, 0.25) is 0 Å². The number of nitriles is 1. The summed E-state index contributed by atoms with van der Waals surface area (Å²) in [4.78, 5) is 0. The van der Waals surface area contributed by atoms with Crippen LogP contribution in [0.1, 0.15) is 90.9 Å². The molecule has 0 heterocycles. The zero-order valence-electron chi connectivity index (χ0n) is 13.7. The Morgan fingerprint density at radius 2 is 1.50 bits per heavy atom. The molecule has 0 aromatic rings. The summed E-state index contributed by atoms with van der Waals surface area (Å²) in [6, 6.07) is 2.67. The van der Waals surface area contributed by atoms with Crippen LogP contribution in [-0.2, 0) is 0 Å². The maximum Gasteiger partial charge on any atom is 0.0689 e. The van der Waals surface area contributed by atoms with E-state index in [1.54, 1.807) is 0 Å². The van der Waals surface area contributed by atoms with E-state index in [1.807, 2.05) is 0 Å². The molecule has 0 radical (unpaired) electrons. The van der Waals surface area contributed by atoms with Crippen molar-refractivity contribution in [3.8, 4) is 6.07 Å². The Balaban J connectivity index is 1.79. The minimum atomic E-state index is 0.0463. The van der Waals surface area contributed by atoms with Crippen LogP contribution in [0.25, 0.3) is 0 Å². The molecule has 20 heavy (non-hydrogen) atoms. The Bertz CT molecular complexity index is 311. The highest BCUT2D eigenvalue weighted by atomic mass is 14.4. The summed E-state index contributed by atoms with van der Waals surface area (Å²) in [7, 11) is 0. The van der Waals surface area contributed by atoms with E-state index in [-0.39, 0.29) is 5.41 Å². The molecule has 2 aliphatic rings. The molecule has 2 rings (SSSR count). The Morgan fingerprint density at radius 3 is 2.00 bits per heavy atom. The van der Waals surface area contributed by atoms with Crippen molar-refractivity contribution in [2.75, 3.05) is 0 Å². The smallest absolute Gasteiger partial charge is 0.0689 e. The molecule has 0 bridgehead atoms. The first-order chi connectivity index (χ1) is 9.73. The Kier molecular flexibility index (Phi) is 5.94. The zero-order valence-corrected chi connectivity index (χ0v) is 13.7. The third kappa shape index (κ3) is 3.78. The molecule has 0 atom stereocenters. The van der Waals surface area contributed by atoms with E-state index in [2.05, 4.69) is 19.9 Å². The molecular weight excluding hydrogens is 242 g/mol. The molecule has 1 nitrogen and oxygen atoms in total. The van der Waals surface area contributed by atoms with Gasteiger partial charge in [-0.3, -0.25) is 0 Å². The second kappa shape index (κ2) is 7.48. The Morgan fingerprint density at radius 1 is 0.900 bits per heavy atom. The quantitative estimate of drug-likeness (QED) is 0.595.